The van der Waals surface area contributed by atoms with Gasteiger partial charge < -0.3 is 7.43 Å². The molecule has 0 N–H and O–H groups in total. The summed E-state index contributed by atoms with van der Waals surface area (Å²) in [5.41, 5.74) is 16.9. The average Bonchev–Trinajstić information content (AvgIpc) is 3.83. The van der Waals surface area contributed by atoms with Crippen LogP contribution >= 0.6 is 24.8 Å². The molecular formula is C59H70Cl2Zr-4. The molecule has 3 heteroatoms. The zero-order chi connectivity index (χ0) is 42.1. The molecule has 6 aliphatic rings. The summed E-state index contributed by atoms with van der Waals surface area (Å²) in [7, 11) is 0. The van der Waals surface area contributed by atoms with Gasteiger partial charge in [-0.3, -0.25) is 6.08 Å². The molecule has 4 fully saturated rings. The van der Waals surface area contributed by atoms with Gasteiger partial charge >= 0.3 is 28.4 Å². The maximum atomic E-state index is 3.88. The van der Waals surface area contributed by atoms with Crippen LogP contribution in [0.5, 0.6) is 0 Å². The zero-order valence-corrected chi connectivity index (χ0v) is 43.2. The fourth-order valence-corrected chi connectivity index (χ4v) is 11.1. The maximum Gasteiger partial charge on any atom is -0.358 e. The van der Waals surface area contributed by atoms with Crippen molar-refractivity contribution in [3.63, 3.8) is 0 Å². The molecule has 0 amide bonds. The van der Waals surface area contributed by atoms with Crippen LogP contribution < -0.4 is 0 Å². The van der Waals surface area contributed by atoms with E-state index in [1.165, 1.54) is 111 Å². The van der Waals surface area contributed by atoms with Gasteiger partial charge in [-0.05, 0) is 95.3 Å². The van der Waals surface area contributed by atoms with Crippen LogP contribution in [-0.2, 0) is 41.5 Å². The SMILES string of the molecule is CC(C)(C)c1cc2c([c-]c1-c1ccccc1)Cc1cc(-c3ccccc3)c(C(C)(C)C)cc1-2.CC1[C-]=CC(C2(C)C3CC4CC(C3)CC2C4)=C1.Cc1cc[c-]cc1.Cl.Cl.[CH2]=[Zr].[CH3-]. The Balaban J connectivity index is 0.000000242. The first-order chi connectivity index (χ1) is 28.2. The predicted octanol–water partition coefficient (Wildman–Crippen LogP) is 16.4. The number of fused-ring (bicyclic) bond motifs is 3. The first-order valence-corrected chi connectivity index (χ1v) is 23.9. The second-order valence-corrected chi connectivity index (χ2v) is 20.3. The number of aryl methyl sites for hydroxylation is 1. The van der Waals surface area contributed by atoms with Crippen LogP contribution in [0.15, 0.2) is 121 Å². The van der Waals surface area contributed by atoms with Gasteiger partial charge in [-0.2, -0.15) is 47.5 Å². The van der Waals surface area contributed by atoms with Crippen LogP contribution in [0.3, 0.4) is 0 Å². The largest absolute Gasteiger partial charge is 0.358 e. The molecule has 1 atom stereocenters. The summed E-state index contributed by atoms with van der Waals surface area (Å²) in [6.45, 7) is 20.8. The van der Waals surface area contributed by atoms with E-state index in [-0.39, 0.29) is 43.1 Å². The van der Waals surface area contributed by atoms with Gasteiger partial charge in [0.1, 0.15) is 0 Å². The van der Waals surface area contributed by atoms with Gasteiger partial charge in [-0.15, -0.1) is 53.6 Å². The predicted molar refractivity (Wildman–Crippen MR) is 270 cm³/mol. The van der Waals surface area contributed by atoms with Crippen molar-refractivity contribution in [3.05, 3.63) is 174 Å². The van der Waals surface area contributed by atoms with E-state index in [1.54, 1.807) is 12.0 Å². The molecule has 6 aliphatic carbocycles. The first kappa shape index (κ1) is 51.5. The molecule has 0 radical (unpaired) electrons. The monoisotopic (exact) mass is 938 g/mol. The maximum absolute atomic E-state index is 3.88. The third kappa shape index (κ3) is 10.9. The molecule has 5 aromatic carbocycles. The topological polar surface area (TPSA) is 0 Å². The Labute approximate surface area is 404 Å². The number of hydrogen-bond acceptors (Lipinski definition) is 0. The fourth-order valence-electron chi connectivity index (χ4n) is 11.1. The van der Waals surface area contributed by atoms with Gasteiger partial charge in [-0.1, -0.05) is 163 Å². The van der Waals surface area contributed by atoms with Crippen LogP contribution in [0, 0.1) is 67.6 Å². The number of rotatable bonds is 3. The van der Waals surface area contributed by atoms with Gasteiger partial charge in [0, 0.05) is 0 Å². The van der Waals surface area contributed by atoms with Crippen LogP contribution in [0.4, 0.5) is 0 Å². The zero-order valence-electron chi connectivity index (χ0n) is 39.1. The van der Waals surface area contributed by atoms with Crippen LogP contribution in [-0.4, -0.2) is 4.21 Å². The van der Waals surface area contributed by atoms with Gasteiger partial charge in [0.05, 0.1) is 0 Å². The van der Waals surface area contributed by atoms with Crippen molar-refractivity contribution in [2.24, 2.45) is 35.0 Å². The van der Waals surface area contributed by atoms with Crippen molar-refractivity contribution in [2.75, 3.05) is 0 Å². The number of benzene rings is 5. The van der Waals surface area contributed by atoms with Crippen molar-refractivity contribution in [2.45, 2.75) is 112 Å². The third-order valence-corrected chi connectivity index (χ3v) is 14.1. The Morgan fingerprint density at radius 1 is 0.661 bits per heavy atom. The van der Waals surface area contributed by atoms with Crippen molar-refractivity contribution >= 4 is 29.0 Å². The molecule has 0 spiro atoms. The quantitative estimate of drug-likeness (QED) is 0.155. The van der Waals surface area contributed by atoms with Gasteiger partial charge in [0.2, 0.25) is 0 Å². The minimum Gasteiger partial charge on any atom is -0.358 e. The second-order valence-electron chi connectivity index (χ2n) is 20.3. The molecule has 328 valence electrons. The third-order valence-electron chi connectivity index (χ3n) is 14.1. The number of halogens is 2. The van der Waals surface area contributed by atoms with E-state index in [9.17, 15) is 0 Å². The standard InChI is InChI=1S/C33H33.C17H23.C7H7.CH3.CH2.2ClH.Zr/c1-32(2,3)30-20-26-24(18-28(30)22-13-9-7-10-14-22)17-25-19-29(23-15-11-8-12-16-23)31(21-27(25)26)33(4,5)6;1-11-3-4-14(5-11)17(2)15-7-12-6-13(9-15)10-16(17)8-12;1-7-5-3-2-4-6-7;;;;;/h7-16,18,20-21H,17H2,1-6H3;4-5,11-13,15-16H,6-10H2,1-2H3;3-6H,1H3;1H3;1H2;2*1H;/q4*-1;;;;. The van der Waals surface area contributed by atoms with E-state index in [4.69, 9.17) is 0 Å². The minimum atomic E-state index is 0. The smallest absolute Gasteiger partial charge is 0.358 e. The van der Waals surface area contributed by atoms with E-state index in [0.717, 1.165) is 30.1 Å². The Morgan fingerprint density at radius 2 is 1.18 bits per heavy atom. The summed E-state index contributed by atoms with van der Waals surface area (Å²) in [5.74, 6) is 4.68. The summed E-state index contributed by atoms with van der Waals surface area (Å²) < 4.78 is 3.34. The van der Waals surface area contributed by atoms with E-state index >= 15 is 0 Å². The molecule has 5 aromatic rings. The van der Waals surface area contributed by atoms with Gasteiger partial charge in [0.25, 0.3) is 0 Å². The molecule has 4 saturated carbocycles. The second kappa shape index (κ2) is 21.3. The molecule has 62 heavy (non-hydrogen) atoms. The van der Waals surface area contributed by atoms with Crippen molar-refractivity contribution in [3.8, 4) is 33.4 Å². The molecule has 0 nitrogen and oxygen atoms in total. The molecule has 0 saturated heterocycles. The van der Waals surface area contributed by atoms with E-state index in [0.29, 0.717) is 11.3 Å². The molecule has 11 rings (SSSR count). The summed E-state index contributed by atoms with van der Waals surface area (Å²) in [5, 5.41) is 0. The number of allylic oxidation sites excluding steroid dienone is 4. The van der Waals surface area contributed by atoms with E-state index < -0.39 is 0 Å². The Hall–Kier alpha value is -3.09. The molecule has 0 heterocycles. The van der Waals surface area contributed by atoms with Crippen molar-refractivity contribution in [1.29, 1.82) is 0 Å². The summed E-state index contributed by atoms with van der Waals surface area (Å²) >= 11 is 1.30. The summed E-state index contributed by atoms with van der Waals surface area (Å²) in [6, 6.07) is 43.6. The summed E-state index contributed by atoms with van der Waals surface area (Å²) in [4.78, 5) is 0. The van der Waals surface area contributed by atoms with Crippen LogP contribution in [0.2, 0.25) is 0 Å². The average molecular weight is 941 g/mol. The Bertz CT molecular complexity index is 2160. The van der Waals surface area contributed by atoms with E-state index in [2.05, 4.69) is 176 Å². The molecular weight excluding hydrogens is 871 g/mol. The Kier molecular flexibility index (Phi) is 17.7. The minimum absolute atomic E-state index is 0. The van der Waals surface area contributed by atoms with E-state index in [1.807, 2.05) is 24.3 Å². The van der Waals surface area contributed by atoms with Gasteiger partial charge in [0.15, 0.2) is 0 Å². The first-order valence-electron chi connectivity index (χ1n) is 22.2. The summed E-state index contributed by atoms with van der Waals surface area (Å²) in [6.07, 6.45) is 16.9. The van der Waals surface area contributed by atoms with Crippen LogP contribution in [0.25, 0.3) is 33.4 Å². The van der Waals surface area contributed by atoms with Gasteiger partial charge in [-0.25, -0.2) is 6.08 Å². The fraction of sp³-hybridized carbons (Fsp3) is 0.390. The molecule has 1 unspecified atom stereocenters. The normalized spacial score (nSPS) is 23.2. The molecule has 0 aliphatic heterocycles. The molecule has 4 bridgehead atoms. The number of hydrogen-bond donors (Lipinski definition) is 0. The van der Waals surface area contributed by atoms with Crippen LogP contribution in [0.1, 0.15) is 115 Å². The Morgan fingerprint density at radius 3 is 1.65 bits per heavy atom. The molecule has 0 aromatic heterocycles. The van der Waals surface area contributed by atoms with Crippen molar-refractivity contribution < 1.29 is 24.2 Å². The van der Waals surface area contributed by atoms with Crippen molar-refractivity contribution in [1.82, 2.24) is 0 Å².